The van der Waals surface area contributed by atoms with E-state index >= 15 is 0 Å². The first-order chi connectivity index (χ1) is 9.56. The van der Waals surface area contributed by atoms with Crippen LogP contribution in [0.5, 0.6) is 0 Å². The molecule has 0 radical (unpaired) electrons. The van der Waals surface area contributed by atoms with Crippen molar-refractivity contribution in [2.24, 2.45) is 5.84 Å². The lowest BCUT2D eigenvalue weighted by molar-refractivity contribution is -0.127. The fraction of sp³-hybridized carbons (Fsp3) is 0.417. The summed E-state index contributed by atoms with van der Waals surface area (Å²) in [4.78, 5) is 29.8. The molecule has 20 heavy (non-hydrogen) atoms. The van der Waals surface area contributed by atoms with Crippen molar-refractivity contribution < 1.29 is 9.59 Å². The number of anilines is 1. The van der Waals surface area contributed by atoms with E-state index in [1.807, 2.05) is 6.92 Å². The number of hydrogen-bond acceptors (Lipinski definition) is 5. The van der Waals surface area contributed by atoms with Gasteiger partial charge in [0.15, 0.2) is 0 Å². The van der Waals surface area contributed by atoms with E-state index in [1.54, 1.807) is 4.90 Å². The van der Waals surface area contributed by atoms with Gasteiger partial charge in [-0.15, -0.1) is 0 Å². The van der Waals surface area contributed by atoms with Crippen LogP contribution < -0.4 is 16.6 Å². The third-order valence-electron chi connectivity index (χ3n) is 3.17. The number of pyridine rings is 1. The average molecular weight is 298 g/mol. The number of nitrogens with two attached hydrogens (primary N) is 1. The number of amides is 2. The zero-order chi connectivity index (χ0) is 14.7. The molecule has 2 heterocycles. The first-order valence-corrected chi connectivity index (χ1v) is 6.67. The molecule has 7 nitrogen and oxygen atoms in total. The van der Waals surface area contributed by atoms with Gasteiger partial charge in [0.05, 0.1) is 0 Å². The molecule has 1 aromatic rings. The van der Waals surface area contributed by atoms with E-state index in [9.17, 15) is 9.59 Å². The van der Waals surface area contributed by atoms with Crippen molar-refractivity contribution in [3.05, 3.63) is 22.8 Å². The molecule has 1 atom stereocenters. The average Bonchev–Trinajstić information content (AvgIpc) is 2.45. The molecule has 8 heteroatoms. The summed E-state index contributed by atoms with van der Waals surface area (Å²) in [5, 5.41) is 2.91. The summed E-state index contributed by atoms with van der Waals surface area (Å²) < 4.78 is 0. The van der Waals surface area contributed by atoms with E-state index in [-0.39, 0.29) is 17.0 Å². The van der Waals surface area contributed by atoms with Crippen LogP contribution in [0.2, 0.25) is 5.15 Å². The zero-order valence-corrected chi connectivity index (χ0v) is 11.8. The van der Waals surface area contributed by atoms with Crippen molar-refractivity contribution in [1.82, 2.24) is 15.2 Å². The summed E-state index contributed by atoms with van der Waals surface area (Å²) in [6, 6.07) is 2.51. The highest BCUT2D eigenvalue weighted by Gasteiger charge is 2.32. The summed E-state index contributed by atoms with van der Waals surface area (Å²) in [6.07, 6.45) is 0.554. The number of piperazine rings is 1. The maximum Gasteiger partial charge on any atom is 0.254 e. The van der Waals surface area contributed by atoms with Gasteiger partial charge in [0, 0.05) is 18.7 Å². The Hall–Kier alpha value is -1.86. The smallest absolute Gasteiger partial charge is 0.254 e. The van der Waals surface area contributed by atoms with Crippen LogP contribution in [0.4, 0.5) is 5.82 Å². The minimum Gasteiger partial charge on any atom is -0.353 e. The van der Waals surface area contributed by atoms with Crippen LogP contribution in [0.1, 0.15) is 23.7 Å². The van der Waals surface area contributed by atoms with E-state index in [0.717, 1.165) is 0 Å². The van der Waals surface area contributed by atoms with E-state index in [1.165, 1.54) is 12.1 Å². The predicted molar refractivity (Wildman–Crippen MR) is 75.2 cm³/mol. The summed E-state index contributed by atoms with van der Waals surface area (Å²) in [6.45, 7) is 2.78. The van der Waals surface area contributed by atoms with Crippen molar-refractivity contribution in [2.45, 2.75) is 19.4 Å². The molecule has 2 rings (SSSR count). The molecule has 0 aromatic carbocycles. The summed E-state index contributed by atoms with van der Waals surface area (Å²) in [5.74, 6) is 5.19. The topological polar surface area (TPSA) is 100 Å². The quantitative estimate of drug-likeness (QED) is 0.425. The molecule has 0 saturated carbocycles. The normalized spacial score (nSPS) is 18.6. The number of nitrogens with one attached hydrogen (secondary N) is 2. The molecule has 108 valence electrons. The predicted octanol–water partition coefficient (Wildman–Crippen LogP) is 0.371. The van der Waals surface area contributed by atoms with Crippen molar-refractivity contribution >= 4 is 29.2 Å². The van der Waals surface area contributed by atoms with Gasteiger partial charge < -0.3 is 15.6 Å². The van der Waals surface area contributed by atoms with Gasteiger partial charge in [-0.05, 0) is 18.6 Å². The van der Waals surface area contributed by atoms with Crippen molar-refractivity contribution in [3.8, 4) is 0 Å². The molecular formula is C12H16ClN5O2. The molecular weight excluding hydrogens is 282 g/mol. The standard InChI is InChI=1S/C12H16ClN5O2/c1-2-8-11(19)15-3-4-18(8)12(20)7-5-9(13)16-10(6-7)17-14/h5-6,8H,2-4,14H2,1H3,(H,15,19)(H,16,17). The molecule has 2 amide bonds. The Balaban J connectivity index is 2.30. The first-order valence-electron chi connectivity index (χ1n) is 6.29. The number of nitrogens with zero attached hydrogens (tertiary/aromatic N) is 2. The van der Waals surface area contributed by atoms with Gasteiger partial charge in [-0.2, -0.15) is 0 Å². The summed E-state index contributed by atoms with van der Waals surface area (Å²) >= 11 is 5.85. The van der Waals surface area contributed by atoms with Gasteiger partial charge in [0.25, 0.3) is 5.91 Å². The Morgan fingerprint density at radius 1 is 1.65 bits per heavy atom. The van der Waals surface area contributed by atoms with Crippen LogP contribution in [-0.4, -0.2) is 40.8 Å². The van der Waals surface area contributed by atoms with Crippen LogP contribution in [0, 0.1) is 0 Å². The zero-order valence-electron chi connectivity index (χ0n) is 11.0. The largest absolute Gasteiger partial charge is 0.353 e. The number of aromatic nitrogens is 1. The number of carbonyl (C=O) groups is 2. The van der Waals surface area contributed by atoms with Crippen LogP contribution in [0.3, 0.4) is 0 Å². The second-order valence-corrected chi connectivity index (χ2v) is 4.81. The molecule has 1 aromatic heterocycles. The fourth-order valence-corrected chi connectivity index (χ4v) is 2.43. The fourth-order valence-electron chi connectivity index (χ4n) is 2.22. The summed E-state index contributed by atoms with van der Waals surface area (Å²) in [5.41, 5.74) is 2.71. The van der Waals surface area contributed by atoms with E-state index < -0.39 is 6.04 Å². The SMILES string of the molecule is CCC1C(=O)NCCN1C(=O)c1cc(Cl)nc(NN)c1. The van der Waals surface area contributed by atoms with Crippen molar-refractivity contribution in [3.63, 3.8) is 0 Å². The highest BCUT2D eigenvalue weighted by Crippen LogP contribution is 2.18. The van der Waals surface area contributed by atoms with Gasteiger partial charge in [-0.1, -0.05) is 18.5 Å². The molecule has 1 fully saturated rings. The van der Waals surface area contributed by atoms with Crippen LogP contribution in [-0.2, 0) is 4.79 Å². The number of rotatable bonds is 3. The molecule has 0 bridgehead atoms. The van der Waals surface area contributed by atoms with Crippen LogP contribution in [0.15, 0.2) is 12.1 Å². The highest BCUT2D eigenvalue weighted by atomic mass is 35.5. The Bertz CT molecular complexity index is 537. The number of hydrogen-bond donors (Lipinski definition) is 3. The maximum atomic E-state index is 12.5. The lowest BCUT2D eigenvalue weighted by Gasteiger charge is -2.34. The lowest BCUT2D eigenvalue weighted by atomic mass is 10.1. The minimum absolute atomic E-state index is 0.135. The van der Waals surface area contributed by atoms with Crippen molar-refractivity contribution in [2.75, 3.05) is 18.5 Å². The molecule has 1 saturated heterocycles. The number of nitrogen functional groups attached to an aromatic ring is 1. The van der Waals surface area contributed by atoms with Gasteiger partial charge in [-0.3, -0.25) is 9.59 Å². The Morgan fingerprint density at radius 2 is 2.40 bits per heavy atom. The Labute approximate surface area is 121 Å². The van der Waals surface area contributed by atoms with Gasteiger partial charge in [-0.25, -0.2) is 10.8 Å². The molecule has 1 aliphatic heterocycles. The third kappa shape index (κ3) is 2.83. The molecule has 0 aliphatic carbocycles. The Kier molecular flexibility index (Phi) is 4.41. The monoisotopic (exact) mass is 297 g/mol. The van der Waals surface area contributed by atoms with E-state index in [2.05, 4.69) is 15.7 Å². The van der Waals surface area contributed by atoms with Gasteiger partial charge in [0.1, 0.15) is 17.0 Å². The van der Waals surface area contributed by atoms with E-state index in [4.69, 9.17) is 17.4 Å². The first kappa shape index (κ1) is 14.5. The highest BCUT2D eigenvalue weighted by molar-refractivity contribution is 6.29. The Morgan fingerprint density at radius 3 is 3.05 bits per heavy atom. The van der Waals surface area contributed by atoms with Crippen LogP contribution in [0.25, 0.3) is 0 Å². The maximum absolute atomic E-state index is 12.5. The lowest BCUT2D eigenvalue weighted by Crippen LogP contribution is -2.56. The second-order valence-electron chi connectivity index (χ2n) is 4.42. The summed E-state index contributed by atoms with van der Waals surface area (Å²) in [7, 11) is 0. The number of hydrazine groups is 1. The molecule has 1 unspecified atom stereocenters. The van der Waals surface area contributed by atoms with Crippen LogP contribution >= 0.6 is 11.6 Å². The van der Waals surface area contributed by atoms with E-state index in [0.29, 0.717) is 30.9 Å². The number of carbonyl (C=O) groups excluding carboxylic acids is 2. The van der Waals surface area contributed by atoms with Crippen molar-refractivity contribution in [1.29, 1.82) is 0 Å². The molecule has 0 spiro atoms. The third-order valence-corrected chi connectivity index (χ3v) is 3.36. The second kappa shape index (κ2) is 6.06. The minimum atomic E-state index is -0.461. The molecule has 1 aliphatic rings. The molecule has 4 N–H and O–H groups in total. The van der Waals surface area contributed by atoms with Gasteiger partial charge >= 0.3 is 0 Å². The number of halogens is 1. The van der Waals surface area contributed by atoms with Gasteiger partial charge in [0.2, 0.25) is 5.91 Å².